The Hall–Kier alpha value is -8.17. The van der Waals surface area contributed by atoms with Crippen LogP contribution in [0, 0.1) is 83.5 Å². The van der Waals surface area contributed by atoms with Crippen LogP contribution in [-0.2, 0) is 70.4 Å². The number of hydrogen-bond acceptors (Lipinski definition) is 15. The summed E-state index contributed by atoms with van der Waals surface area (Å²) in [6.45, 7) is 18.5. The molecule has 3 aliphatic rings. The van der Waals surface area contributed by atoms with Crippen LogP contribution in [0.15, 0.2) is 54.6 Å². The molecule has 0 aromatic heterocycles. The van der Waals surface area contributed by atoms with Gasteiger partial charge in [-0.15, -0.1) is 0 Å². The number of Topliss-reactive ketones (excluding diaryl/α,β-unsaturated/α-hetero) is 3. The van der Waals surface area contributed by atoms with Gasteiger partial charge < -0.3 is 55.9 Å². The Kier molecular flexibility index (Phi) is 33.5. The van der Waals surface area contributed by atoms with Crippen LogP contribution in [0.5, 0.6) is 5.75 Å². The predicted octanol–water partition coefficient (Wildman–Crippen LogP) is 9.98. The molecule has 2 bridgehead atoms. The summed E-state index contributed by atoms with van der Waals surface area (Å²) in [6.07, 6.45) is 1.14. The number of ketones is 3. The van der Waals surface area contributed by atoms with E-state index >= 15 is 0 Å². The van der Waals surface area contributed by atoms with E-state index in [0.29, 0.717) is 49.9 Å². The first-order valence-electron chi connectivity index (χ1n) is 37.8. The van der Waals surface area contributed by atoms with E-state index in [-0.39, 0.29) is 137 Å². The largest absolute Gasteiger partial charge is 0.420 e. The number of halogens is 4. The summed E-state index contributed by atoms with van der Waals surface area (Å²) in [5, 5.41) is 11.1. The van der Waals surface area contributed by atoms with Gasteiger partial charge in [0.25, 0.3) is 0 Å². The number of nitrogens with two attached hydrogens (primary N) is 1. The molecule has 23 nitrogen and oxygen atoms in total. The van der Waals surface area contributed by atoms with E-state index in [1.807, 2.05) is 90.9 Å². The van der Waals surface area contributed by atoms with Crippen LogP contribution in [0.4, 0.5) is 28.0 Å². The smallest absolute Gasteiger partial charge is 0.314 e. The molecule has 0 spiro atoms. The van der Waals surface area contributed by atoms with Gasteiger partial charge in [-0.3, -0.25) is 52.8 Å². The average Bonchev–Trinajstić information content (AvgIpc) is 1.74. The summed E-state index contributed by atoms with van der Waals surface area (Å²) >= 11 is 0. The quantitative estimate of drug-likeness (QED) is 0.0116. The van der Waals surface area contributed by atoms with Gasteiger partial charge in [-0.2, -0.15) is 8.78 Å². The average molecular weight is 1500 g/mol. The number of carbonyl (C=O) groups is 11. The summed E-state index contributed by atoms with van der Waals surface area (Å²) in [6, 6.07) is 11.8. The van der Waals surface area contributed by atoms with Crippen LogP contribution in [0.25, 0.3) is 0 Å². The number of anilines is 1. The Balaban J connectivity index is 1.05. The van der Waals surface area contributed by atoms with E-state index < -0.39 is 148 Å². The lowest BCUT2D eigenvalue weighted by atomic mass is 9.83. The number of methoxy groups -OCH3 is 2. The summed E-state index contributed by atoms with van der Waals surface area (Å²) < 4.78 is 74.8. The van der Waals surface area contributed by atoms with Crippen molar-refractivity contribution in [2.75, 3.05) is 53.8 Å². The lowest BCUT2D eigenvalue weighted by Crippen LogP contribution is -2.54. The fourth-order valence-corrected chi connectivity index (χ4v) is 15.9. The third-order valence-corrected chi connectivity index (χ3v) is 22.0. The number of ether oxygens (including phenoxy) is 3. The van der Waals surface area contributed by atoms with Crippen LogP contribution < -0.4 is 31.7 Å². The molecule has 3 aliphatic heterocycles. The minimum Gasteiger partial charge on any atom is -0.420 e. The molecular formula is C80H115F4N9O14. The van der Waals surface area contributed by atoms with Gasteiger partial charge in [-0.1, -0.05) is 111 Å². The SMILES string of the molecule is CC[C@H](C)[C@@H]([C@@H](CC(=O)N1CCC[C@H]1[C@H](OC)[C@@H](C)C(=O)C[C@@H](Cc1ccccc1)C(=O)NCc1ccc(NC(=O)[C@H](CCCNC(N)=O)CC(=O)[C@@H](NC(=O)CCC(=O)N2C3CCC2CC(C(=O)Oc2c(F)c(F)c(C)c(F)c2F)C3)C(C)C)cc1)OC)N(C)C(=O)[C@@H](CC(=O)[C@H](C(C)C)N(C)C)C(C)C. The number of rotatable bonds is 41. The third kappa shape index (κ3) is 23.4. The van der Waals surface area contributed by atoms with E-state index in [1.165, 1.54) is 14.2 Å². The molecule has 0 radical (unpaired) electrons. The molecule has 3 aromatic rings. The third-order valence-electron chi connectivity index (χ3n) is 22.0. The van der Waals surface area contributed by atoms with Crippen molar-refractivity contribution in [2.45, 2.75) is 227 Å². The molecular weight excluding hydrogens is 1390 g/mol. The van der Waals surface area contributed by atoms with Crippen molar-refractivity contribution in [2.24, 2.45) is 59.0 Å². The van der Waals surface area contributed by atoms with Crippen LogP contribution in [-0.4, -0.2) is 181 Å². The molecule has 3 aromatic carbocycles. The summed E-state index contributed by atoms with van der Waals surface area (Å²) in [5.41, 5.74) is 6.25. The van der Waals surface area contributed by atoms with Crippen LogP contribution >= 0.6 is 0 Å². The number of likely N-dealkylation sites (N-methyl/N-ethyl adjacent to an activating group) is 2. The second-order valence-corrected chi connectivity index (χ2v) is 30.8. The number of piperidine rings is 1. The van der Waals surface area contributed by atoms with E-state index in [1.54, 1.807) is 66.8 Å². The maximum Gasteiger partial charge on any atom is 0.314 e. The highest BCUT2D eigenvalue weighted by Gasteiger charge is 2.48. The van der Waals surface area contributed by atoms with Crippen molar-refractivity contribution in [3.63, 3.8) is 0 Å². The Morgan fingerprint density at radius 1 is 0.664 bits per heavy atom. The molecule has 592 valence electrons. The van der Waals surface area contributed by atoms with Crippen LogP contribution in [0.3, 0.4) is 0 Å². The number of nitrogens with zero attached hydrogens (tertiary/aromatic N) is 4. The van der Waals surface area contributed by atoms with Crippen LogP contribution in [0.2, 0.25) is 0 Å². The molecule has 6 rings (SSSR count). The summed E-state index contributed by atoms with van der Waals surface area (Å²) in [5.74, 6) is -17.3. The molecule has 0 saturated carbocycles. The van der Waals surface area contributed by atoms with Gasteiger partial charge in [0.2, 0.25) is 52.8 Å². The number of carbonyl (C=O) groups excluding carboxylic acids is 11. The lowest BCUT2D eigenvalue weighted by Gasteiger charge is -2.41. The molecule has 8 amide bonds. The Morgan fingerprint density at radius 2 is 1.28 bits per heavy atom. The molecule has 107 heavy (non-hydrogen) atoms. The van der Waals surface area contributed by atoms with Gasteiger partial charge in [0.15, 0.2) is 23.2 Å². The van der Waals surface area contributed by atoms with Gasteiger partial charge >= 0.3 is 12.0 Å². The number of esters is 1. The minimum absolute atomic E-state index is 0.000635. The number of urea groups is 1. The van der Waals surface area contributed by atoms with E-state index in [9.17, 15) is 70.3 Å². The highest BCUT2D eigenvalue weighted by atomic mass is 19.2. The zero-order valence-corrected chi connectivity index (χ0v) is 65.0. The van der Waals surface area contributed by atoms with Crippen molar-refractivity contribution in [3.8, 4) is 5.75 Å². The molecule has 13 atom stereocenters. The summed E-state index contributed by atoms with van der Waals surface area (Å²) in [7, 11) is 8.53. The normalized spacial score (nSPS) is 19.2. The first-order chi connectivity index (χ1) is 50.5. The highest BCUT2D eigenvalue weighted by Crippen LogP contribution is 2.41. The molecule has 27 heteroatoms. The van der Waals surface area contributed by atoms with Crippen molar-refractivity contribution in [3.05, 3.63) is 94.6 Å². The van der Waals surface area contributed by atoms with Crippen molar-refractivity contribution in [1.29, 1.82) is 0 Å². The monoisotopic (exact) mass is 1500 g/mol. The molecule has 3 fully saturated rings. The minimum atomic E-state index is -1.84. The maximum atomic E-state index is 14.7. The molecule has 3 heterocycles. The zero-order valence-electron chi connectivity index (χ0n) is 65.0. The molecule has 2 unspecified atom stereocenters. The number of fused-ring (bicyclic) bond motifs is 2. The maximum absolute atomic E-state index is 14.7. The first kappa shape index (κ1) is 87.7. The summed E-state index contributed by atoms with van der Waals surface area (Å²) in [4.78, 5) is 159. The number of likely N-dealkylation sites (tertiary alicyclic amines) is 1. The van der Waals surface area contributed by atoms with Crippen molar-refractivity contribution < 1.29 is 84.5 Å². The Labute approximate surface area is 628 Å². The highest BCUT2D eigenvalue weighted by molar-refractivity contribution is 5.98. The fourth-order valence-electron chi connectivity index (χ4n) is 15.9. The number of amides is 8. The number of hydrogen-bond donors (Lipinski definition) is 5. The molecule has 0 aliphatic carbocycles. The predicted molar refractivity (Wildman–Crippen MR) is 396 cm³/mol. The topological polar surface area (TPSA) is 303 Å². The Morgan fingerprint density at radius 3 is 1.83 bits per heavy atom. The van der Waals surface area contributed by atoms with Crippen molar-refractivity contribution >= 4 is 70.5 Å². The van der Waals surface area contributed by atoms with E-state index in [0.717, 1.165) is 12.5 Å². The lowest BCUT2D eigenvalue weighted by molar-refractivity contribution is -0.149. The number of benzene rings is 3. The van der Waals surface area contributed by atoms with Crippen molar-refractivity contribution in [1.82, 2.24) is 35.6 Å². The number of primary amides is 1. The second-order valence-electron chi connectivity index (χ2n) is 30.8. The zero-order chi connectivity index (χ0) is 79.4. The van der Waals surface area contributed by atoms with Gasteiger partial charge in [-0.25, -0.2) is 13.6 Å². The molecule has 6 N–H and O–H groups in total. The van der Waals surface area contributed by atoms with Gasteiger partial charge in [-0.05, 0) is 126 Å². The van der Waals surface area contributed by atoms with E-state index in [2.05, 4.69) is 21.3 Å². The molecule has 3 saturated heterocycles. The second kappa shape index (κ2) is 40.9. The fraction of sp³-hybridized carbons (Fsp3) is 0.637. The standard InChI is InChI=1S/C80H115F4N9O14/c1-16-47(8)73(91(13)78(102)58(44(2)3)41-62(96)72(46(6)7)90(11)12)63(105-14)42-66(99)92-35-21-25-59(92)74(106-15)48(9)60(94)40-53(36-50-22-18-17-19-23-50)76(100)87-43-51-26-28-55(29-27-51)88-77(101)52(24-20-34-86-80(85)104)39-61(95)71(45(4)5)89-64(97)32-33-65(98)93-56-30-31-57(93)38-54(37-56)79(103)107-75-69(83)67(81)49(10)68(82)70(75)84/h17-19,22-23,26-29,44-48,52-54,56-59,63,71-74H,16,20-21,24-25,30-43H2,1-15H3,(H,87,100)(H,88,101)(H,89,97)(H3,85,86,104)/t47-,48-,52+,53+,54?,56?,57?,58-,59-,63+,71-,72-,73-,74+/m0/s1. The Bertz CT molecular complexity index is 3530. The van der Waals surface area contributed by atoms with Gasteiger partial charge in [0, 0.05) is 120 Å². The first-order valence-corrected chi connectivity index (χ1v) is 37.8. The van der Waals surface area contributed by atoms with Gasteiger partial charge in [0.05, 0.1) is 48.7 Å². The number of nitrogens with one attached hydrogen (secondary N) is 4. The van der Waals surface area contributed by atoms with Crippen LogP contribution in [0.1, 0.15) is 175 Å². The van der Waals surface area contributed by atoms with E-state index in [4.69, 9.17) is 19.9 Å². The van der Waals surface area contributed by atoms with Gasteiger partial charge in [0.1, 0.15) is 5.78 Å².